The second-order valence-electron chi connectivity index (χ2n) is 9.67. The molecule has 3 aromatic rings. The molecule has 0 radical (unpaired) electrons. The van der Waals surface area contributed by atoms with E-state index in [1.54, 1.807) is 37.4 Å². The van der Waals surface area contributed by atoms with Crippen molar-refractivity contribution < 1.29 is 38.2 Å². The number of carbonyl (C=O) groups is 2. The van der Waals surface area contributed by atoms with Gasteiger partial charge in [-0.25, -0.2) is 4.57 Å². The number of aromatic nitrogens is 2. The maximum Gasteiger partial charge on any atom is 0.295 e. The van der Waals surface area contributed by atoms with E-state index in [0.29, 0.717) is 73.5 Å². The van der Waals surface area contributed by atoms with E-state index in [4.69, 9.17) is 18.9 Å². The van der Waals surface area contributed by atoms with Crippen LogP contribution in [0.4, 0.5) is 0 Å². The van der Waals surface area contributed by atoms with Gasteiger partial charge >= 0.3 is 0 Å². The van der Waals surface area contributed by atoms with Crippen molar-refractivity contribution >= 4 is 17.4 Å². The number of ether oxygens (including phenoxy) is 4. The Kier molecular flexibility index (Phi) is 8.23. The number of hydrogen-bond acceptors (Lipinski definition) is 7. The van der Waals surface area contributed by atoms with E-state index in [9.17, 15) is 14.7 Å². The van der Waals surface area contributed by atoms with Gasteiger partial charge in [-0.05, 0) is 42.3 Å². The zero-order valence-electron chi connectivity index (χ0n) is 22.7. The van der Waals surface area contributed by atoms with Gasteiger partial charge in [-0.1, -0.05) is 19.4 Å². The third-order valence-electron chi connectivity index (χ3n) is 7.03. The summed E-state index contributed by atoms with van der Waals surface area (Å²) in [4.78, 5) is 31.4. The zero-order chi connectivity index (χ0) is 28.1. The molecule has 2 aliphatic heterocycles. The molecular weight excluding hydrogens is 514 g/mol. The monoisotopic (exact) mass is 548 g/mol. The molecule has 1 amide bonds. The number of aliphatic hydroxyl groups excluding tert-OH is 1. The van der Waals surface area contributed by atoms with E-state index in [2.05, 4.69) is 11.9 Å². The van der Waals surface area contributed by atoms with Crippen LogP contribution < -0.4 is 23.5 Å². The van der Waals surface area contributed by atoms with Crippen molar-refractivity contribution in [1.82, 2.24) is 9.88 Å². The Morgan fingerprint density at radius 2 is 1.93 bits per heavy atom. The molecule has 2 aromatic carbocycles. The quantitative estimate of drug-likeness (QED) is 0.123. The lowest BCUT2D eigenvalue weighted by Gasteiger charge is -2.26. The molecule has 10 nitrogen and oxygen atoms in total. The summed E-state index contributed by atoms with van der Waals surface area (Å²) < 4.78 is 24.7. The summed E-state index contributed by atoms with van der Waals surface area (Å²) in [5, 5.41) is 11.5. The fourth-order valence-corrected chi connectivity index (χ4v) is 4.99. The summed E-state index contributed by atoms with van der Waals surface area (Å²) in [5.41, 5.74) is 1.01. The van der Waals surface area contributed by atoms with E-state index in [1.807, 2.05) is 29.4 Å². The van der Waals surface area contributed by atoms with Crippen LogP contribution in [-0.4, -0.2) is 60.2 Å². The fraction of sp³-hybridized carbons (Fsp3) is 0.367. The lowest BCUT2D eigenvalue weighted by Crippen LogP contribution is -2.36. The van der Waals surface area contributed by atoms with Gasteiger partial charge in [0.25, 0.3) is 11.7 Å². The van der Waals surface area contributed by atoms with Gasteiger partial charge in [-0.3, -0.25) is 14.6 Å². The first-order chi connectivity index (χ1) is 19.5. The topological polar surface area (TPSA) is 114 Å². The third-order valence-corrected chi connectivity index (χ3v) is 7.03. The molecule has 5 rings (SSSR count). The Balaban J connectivity index is 1.54. The summed E-state index contributed by atoms with van der Waals surface area (Å²) in [5.74, 6) is 0.420. The number of unbranched alkanes of at least 4 members (excludes halogenated alkanes) is 1. The highest BCUT2D eigenvalue weighted by Crippen LogP contribution is 2.43. The number of benzene rings is 2. The molecule has 1 aromatic heterocycles. The van der Waals surface area contributed by atoms with Crippen LogP contribution in [0.3, 0.4) is 0 Å². The molecule has 40 heavy (non-hydrogen) atoms. The van der Waals surface area contributed by atoms with E-state index in [-0.39, 0.29) is 11.3 Å². The molecule has 0 spiro atoms. The number of ketones is 1. The molecule has 2 N–H and O–H groups in total. The summed E-state index contributed by atoms with van der Waals surface area (Å²) in [6, 6.07) is 9.51. The molecule has 3 heterocycles. The summed E-state index contributed by atoms with van der Waals surface area (Å²) in [6.07, 6.45) is 8.04. The lowest BCUT2D eigenvalue weighted by molar-refractivity contribution is -0.695. The molecule has 1 unspecified atom stereocenters. The van der Waals surface area contributed by atoms with Crippen LogP contribution in [-0.2, 0) is 16.1 Å². The first kappa shape index (κ1) is 27.1. The highest BCUT2D eigenvalue weighted by Gasteiger charge is 2.46. The van der Waals surface area contributed by atoms with Gasteiger partial charge in [0.05, 0.1) is 31.9 Å². The number of rotatable bonds is 11. The number of Topliss-reactive ketones (excluding diaryl/α,β-unsaturated/α-hetero) is 1. The standard InChI is InChI=1S/C30H33N3O7/c1-3-4-14-38-22-8-6-20(17-24(22)37-2)27-26(28(34)21-7-9-23-25(18-21)40-16-15-39-23)29(35)30(36)33(27)12-5-11-32-13-10-31-19-32/h6-10,13,17-19,27H,3-5,11-12,14-16H2,1-2H3,(H,34,35)/p+1. The Morgan fingerprint density at radius 1 is 1.10 bits per heavy atom. The average molecular weight is 549 g/mol. The number of amides is 1. The van der Waals surface area contributed by atoms with Crippen molar-refractivity contribution in [3.05, 3.63) is 71.8 Å². The van der Waals surface area contributed by atoms with E-state index < -0.39 is 17.7 Å². The number of aryl methyl sites for hydroxylation is 1. The van der Waals surface area contributed by atoms with Gasteiger partial charge in [-0.15, -0.1) is 0 Å². The van der Waals surface area contributed by atoms with Crippen molar-refractivity contribution in [1.29, 1.82) is 0 Å². The number of aromatic amines is 1. The van der Waals surface area contributed by atoms with Gasteiger partial charge in [-0.2, -0.15) is 0 Å². The van der Waals surface area contributed by atoms with Crippen LogP contribution in [0.1, 0.15) is 43.4 Å². The second-order valence-corrected chi connectivity index (χ2v) is 9.67. The van der Waals surface area contributed by atoms with Crippen molar-refractivity contribution in [2.75, 3.05) is 33.5 Å². The second kappa shape index (κ2) is 12.1. The normalized spacial score (nSPS) is 17.8. The molecule has 0 aliphatic carbocycles. The zero-order valence-corrected chi connectivity index (χ0v) is 22.7. The number of likely N-dealkylation sites (tertiary alicyclic amines) is 1. The summed E-state index contributed by atoms with van der Waals surface area (Å²) >= 11 is 0. The number of imidazole rings is 1. The fourth-order valence-electron chi connectivity index (χ4n) is 4.99. The van der Waals surface area contributed by atoms with Crippen LogP contribution in [0.2, 0.25) is 0 Å². The van der Waals surface area contributed by atoms with Crippen molar-refractivity contribution in [2.45, 2.75) is 38.8 Å². The number of H-pyrrole nitrogens is 1. The number of carbonyl (C=O) groups excluding carboxylic acids is 2. The van der Waals surface area contributed by atoms with Gasteiger partial charge in [0.15, 0.2) is 23.0 Å². The van der Waals surface area contributed by atoms with Gasteiger partial charge in [0.1, 0.15) is 31.4 Å². The van der Waals surface area contributed by atoms with Crippen molar-refractivity contribution in [3.8, 4) is 23.0 Å². The molecule has 1 fully saturated rings. The van der Waals surface area contributed by atoms with Crippen LogP contribution in [0.25, 0.3) is 5.76 Å². The Morgan fingerprint density at radius 3 is 2.67 bits per heavy atom. The molecule has 210 valence electrons. The SMILES string of the molecule is CCCCOc1ccc(C2/C(=C(\O)c3ccc4c(c3)OCCO4)C(=O)C(=O)N2CCC[n+]2cc[nH]c2)cc1OC. The highest BCUT2D eigenvalue weighted by atomic mass is 16.6. The van der Waals surface area contributed by atoms with Crippen LogP contribution in [0.15, 0.2) is 60.7 Å². The first-order valence-corrected chi connectivity index (χ1v) is 13.5. The number of hydrogen-bond donors (Lipinski definition) is 2. The average Bonchev–Trinajstić information content (AvgIpc) is 3.59. The first-order valence-electron chi connectivity index (χ1n) is 13.5. The minimum atomic E-state index is -0.817. The smallest absolute Gasteiger partial charge is 0.295 e. The molecular formula is C30H34N3O7+. The Labute approximate surface area is 232 Å². The summed E-state index contributed by atoms with van der Waals surface area (Å²) in [6.45, 7) is 4.41. The van der Waals surface area contributed by atoms with Gasteiger partial charge < -0.3 is 29.0 Å². The third kappa shape index (κ3) is 5.47. The van der Waals surface area contributed by atoms with Crippen LogP contribution >= 0.6 is 0 Å². The maximum absolute atomic E-state index is 13.5. The lowest BCUT2D eigenvalue weighted by atomic mass is 9.94. The molecule has 0 bridgehead atoms. The number of nitrogens with zero attached hydrogens (tertiary/aromatic N) is 2. The number of methoxy groups -OCH3 is 1. The number of fused-ring (bicyclic) bond motifs is 1. The van der Waals surface area contributed by atoms with Gasteiger partial charge in [0.2, 0.25) is 6.33 Å². The minimum Gasteiger partial charge on any atom is -0.507 e. The molecule has 1 saturated heterocycles. The van der Waals surface area contributed by atoms with E-state index >= 15 is 0 Å². The maximum atomic E-state index is 13.5. The number of nitrogens with one attached hydrogen (secondary N) is 1. The molecule has 10 heteroatoms. The van der Waals surface area contributed by atoms with Crippen molar-refractivity contribution in [3.63, 3.8) is 0 Å². The Bertz CT molecular complexity index is 1400. The summed E-state index contributed by atoms with van der Waals surface area (Å²) in [7, 11) is 1.55. The highest BCUT2D eigenvalue weighted by molar-refractivity contribution is 6.46. The Hall–Kier alpha value is -4.47. The van der Waals surface area contributed by atoms with E-state index in [1.165, 1.54) is 4.90 Å². The van der Waals surface area contributed by atoms with E-state index in [0.717, 1.165) is 12.8 Å². The van der Waals surface area contributed by atoms with Gasteiger partial charge in [0, 0.05) is 18.5 Å². The van der Waals surface area contributed by atoms with Crippen molar-refractivity contribution in [2.24, 2.45) is 0 Å². The predicted molar refractivity (Wildman–Crippen MR) is 145 cm³/mol. The van der Waals surface area contributed by atoms with Crippen LogP contribution in [0, 0.1) is 0 Å². The number of aliphatic hydroxyl groups is 1. The minimum absolute atomic E-state index is 0.0117. The van der Waals surface area contributed by atoms with Crippen LogP contribution in [0.5, 0.6) is 23.0 Å². The molecule has 0 saturated carbocycles. The molecule has 1 atom stereocenters. The molecule has 2 aliphatic rings. The predicted octanol–water partition coefficient (Wildman–Crippen LogP) is 3.77. The largest absolute Gasteiger partial charge is 0.507 e.